The highest BCUT2D eigenvalue weighted by atomic mass is 28.2. The molecule has 0 aliphatic carbocycles. The Morgan fingerprint density at radius 2 is 2.00 bits per heavy atom. The van der Waals surface area contributed by atoms with Crippen molar-refractivity contribution in [3.63, 3.8) is 0 Å². The Hall–Kier alpha value is -2.19. The highest BCUT2D eigenvalue weighted by Gasteiger charge is 2.27. The van der Waals surface area contributed by atoms with Crippen LogP contribution in [-0.4, -0.2) is 30.7 Å². The third-order valence-corrected chi connectivity index (χ3v) is 4.56. The number of carboxylic acid groups (broad SMARTS) is 1. The Bertz CT molecular complexity index is 769. The van der Waals surface area contributed by atoms with E-state index in [-0.39, 0.29) is 16.4 Å². The van der Waals surface area contributed by atoms with Gasteiger partial charge >= 0.3 is 6.09 Å². The Balaban J connectivity index is 2.22. The standard InChI is InChI=1S/C17H22FN3O3Si/c1-16(2,3)25-24-17(4,5)11-9-19-21(10-11)14-7-6-12(8-13(14)18)20-15(22)23/h6-10,20H,1-5H3,(H,22,23). The molecule has 0 saturated heterocycles. The maximum Gasteiger partial charge on any atom is 0.409 e. The van der Waals surface area contributed by atoms with E-state index in [2.05, 4.69) is 31.2 Å². The Morgan fingerprint density at radius 1 is 1.32 bits per heavy atom. The molecule has 0 fully saturated rings. The fraction of sp³-hybridized carbons (Fsp3) is 0.412. The summed E-state index contributed by atoms with van der Waals surface area (Å²) in [7, 11) is 0.313. The van der Waals surface area contributed by atoms with Crippen molar-refractivity contribution < 1.29 is 18.7 Å². The zero-order valence-corrected chi connectivity index (χ0v) is 15.9. The number of anilines is 1. The van der Waals surface area contributed by atoms with Crippen molar-refractivity contribution in [1.82, 2.24) is 9.78 Å². The molecule has 2 rings (SSSR count). The summed E-state index contributed by atoms with van der Waals surface area (Å²) in [4.78, 5) is 10.6. The lowest BCUT2D eigenvalue weighted by Crippen LogP contribution is -2.27. The summed E-state index contributed by atoms with van der Waals surface area (Å²) in [6, 6.07) is 4.08. The van der Waals surface area contributed by atoms with E-state index in [1.807, 2.05) is 13.8 Å². The molecule has 1 amide bonds. The van der Waals surface area contributed by atoms with Gasteiger partial charge in [0.2, 0.25) is 9.76 Å². The van der Waals surface area contributed by atoms with Crippen LogP contribution in [0.1, 0.15) is 40.2 Å². The Labute approximate surface area is 148 Å². The number of hydrogen-bond acceptors (Lipinski definition) is 3. The van der Waals surface area contributed by atoms with E-state index in [0.29, 0.717) is 9.76 Å². The Kier molecular flexibility index (Phi) is 5.33. The van der Waals surface area contributed by atoms with Crippen LogP contribution < -0.4 is 5.32 Å². The summed E-state index contributed by atoms with van der Waals surface area (Å²) >= 11 is 0. The van der Waals surface area contributed by atoms with E-state index >= 15 is 0 Å². The van der Waals surface area contributed by atoms with Gasteiger partial charge in [-0.1, -0.05) is 20.8 Å². The SMILES string of the molecule is CC(C)(C)[Si]OC(C)(C)c1cnn(-c2ccc(NC(=O)O)cc2F)c1. The fourth-order valence-corrected chi connectivity index (χ4v) is 2.68. The van der Waals surface area contributed by atoms with E-state index in [1.165, 1.54) is 16.8 Å². The molecule has 2 N–H and O–H groups in total. The third-order valence-electron chi connectivity index (χ3n) is 3.34. The number of nitrogens with one attached hydrogen (secondary N) is 1. The summed E-state index contributed by atoms with van der Waals surface area (Å²) in [5, 5.41) is 15.1. The van der Waals surface area contributed by atoms with Crippen molar-refractivity contribution >= 4 is 21.5 Å². The summed E-state index contributed by atoms with van der Waals surface area (Å²) < 4.78 is 21.7. The van der Waals surface area contributed by atoms with Gasteiger partial charge in [-0.2, -0.15) is 5.10 Å². The number of amides is 1. The molecule has 134 valence electrons. The van der Waals surface area contributed by atoms with Gasteiger partial charge < -0.3 is 9.53 Å². The third kappa shape index (κ3) is 5.14. The first-order chi connectivity index (χ1) is 11.5. The van der Waals surface area contributed by atoms with E-state index < -0.39 is 17.5 Å². The number of halogens is 1. The van der Waals surface area contributed by atoms with E-state index in [1.54, 1.807) is 12.4 Å². The van der Waals surface area contributed by atoms with E-state index in [9.17, 15) is 9.18 Å². The number of hydrogen-bond donors (Lipinski definition) is 2. The second-order valence-corrected chi connectivity index (χ2v) is 9.14. The van der Waals surface area contributed by atoms with Crippen LogP contribution in [0.4, 0.5) is 14.9 Å². The second-order valence-electron chi connectivity index (χ2n) is 7.23. The first-order valence-corrected chi connectivity index (χ1v) is 8.69. The topological polar surface area (TPSA) is 76.4 Å². The van der Waals surface area contributed by atoms with Gasteiger partial charge in [0.15, 0.2) is 5.82 Å². The summed E-state index contributed by atoms with van der Waals surface area (Å²) in [5.41, 5.74) is 0.675. The van der Waals surface area contributed by atoms with Crippen LogP contribution in [0.25, 0.3) is 5.69 Å². The first-order valence-electron chi connectivity index (χ1n) is 7.78. The zero-order chi connectivity index (χ0) is 18.8. The average Bonchev–Trinajstić information content (AvgIpc) is 2.94. The molecule has 0 aliphatic heterocycles. The molecule has 1 aromatic heterocycles. The van der Waals surface area contributed by atoms with E-state index in [4.69, 9.17) is 9.53 Å². The van der Waals surface area contributed by atoms with Gasteiger partial charge in [-0.05, 0) is 37.1 Å². The van der Waals surface area contributed by atoms with Gasteiger partial charge in [0.05, 0.1) is 11.8 Å². The molecule has 0 spiro atoms. The smallest absolute Gasteiger partial charge is 0.409 e. The predicted molar refractivity (Wildman–Crippen MR) is 94.7 cm³/mol. The molecule has 8 heteroatoms. The molecular formula is C17H22FN3O3Si. The molecule has 1 aromatic carbocycles. The van der Waals surface area contributed by atoms with Crippen molar-refractivity contribution in [3.8, 4) is 5.69 Å². The number of aromatic nitrogens is 2. The lowest BCUT2D eigenvalue weighted by Gasteiger charge is -2.28. The molecule has 25 heavy (non-hydrogen) atoms. The van der Waals surface area contributed by atoms with Crippen LogP contribution in [0.5, 0.6) is 0 Å². The lowest BCUT2D eigenvalue weighted by atomic mass is 10.0. The van der Waals surface area contributed by atoms with Gasteiger partial charge in [-0.25, -0.2) is 13.9 Å². The van der Waals surface area contributed by atoms with Crippen molar-refractivity contribution in [2.75, 3.05) is 5.32 Å². The average molecular weight is 363 g/mol. The van der Waals surface area contributed by atoms with Crippen LogP contribution in [0.15, 0.2) is 30.6 Å². The highest BCUT2D eigenvalue weighted by molar-refractivity contribution is 6.31. The van der Waals surface area contributed by atoms with Gasteiger partial charge in [-0.3, -0.25) is 5.32 Å². The number of nitrogens with zero attached hydrogens (tertiary/aromatic N) is 2. The summed E-state index contributed by atoms with van der Waals surface area (Å²) in [5.74, 6) is -0.573. The largest absolute Gasteiger partial charge is 0.465 e. The van der Waals surface area contributed by atoms with E-state index in [0.717, 1.165) is 11.6 Å². The maximum absolute atomic E-state index is 14.3. The number of benzene rings is 1. The number of carbonyl (C=O) groups is 1. The van der Waals surface area contributed by atoms with Crippen LogP contribution in [0.2, 0.25) is 5.04 Å². The van der Waals surface area contributed by atoms with Crippen molar-refractivity contribution in [3.05, 3.63) is 42.0 Å². The van der Waals surface area contributed by atoms with Crippen molar-refractivity contribution in [2.24, 2.45) is 0 Å². The highest BCUT2D eigenvalue weighted by Crippen LogP contribution is 2.30. The van der Waals surface area contributed by atoms with Crippen LogP contribution >= 0.6 is 0 Å². The quantitative estimate of drug-likeness (QED) is 0.781. The fourth-order valence-electron chi connectivity index (χ4n) is 2.00. The minimum absolute atomic E-state index is 0.0618. The van der Waals surface area contributed by atoms with Crippen LogP contribution in [0.3, 0.4) is 0 Å². The van der Waals surface area contributed by atoms with Gasteiger partial charge in [0.1, 0.15) is 5.69 Å². The molecule has 2 radical (unpaired) electrons. The maximum atomic E-state index is 14.3. The summed E-state index contributed by atoms with van der Waals surface area (Å²) in [6.07, 6.45) is 2.12. The molecule has 0 atom stereocenters. The molecule has 2 aromatic rings. The van der Waals surface area contributed by atoms with Gasteiger partial charge in [0, 0.05) is 17.4 Å². The summed E-state index contributed by atoms with van der Waals surface area (Å²) in [6.45, 7) is 10.2. The first kappa shape index (κ1) is 19.1. The van der Waals surface area contributed by atoms with Crippen LogP contribution in [0, 0.1) is 5.82 Å². The minimum Gasteiger partial charge on any atom is -0.465 e. The zero-order valence-electron chi connectivity index (χ0n) is 14.9. The molecule has 6 nitrogen and oxygen atoms in total. The normalized spacial score (nSPS) is 12.2. The second kappa shape index (κ2) is 6.97. The lowest BCUT2D eigenvalue weighted by molar-refractivity contribution is 0.109. The van der Waals surface area contributed by atoms with Crippen molar-refractivity contribution in [1.29, 1.82) is 0 Å². The van der Waals surface area contributed by atoms with Gasteiger partial charge in [0.25, 0.3) is 0 Å². The number of rotatable bonds is 5. The molecular weight excluding hydrogens is 341 g/mol. The molecule has 0 saturated carbocycles. The van der Waals surface area contributed by atoms with Gasteiger partial charge in [-0.15, -0.1) is 0 Å². The molecule has 1 heterocycles. The molecule has 0 unspecified atom stereocenters. The Morgan fingerprint density at radius 3 is 2.56 bits per heavy atom. The monoisotopic (exact) mass is 363 g/mol. The predicted octanol–water partition coefficient (Wildman–Crippen LogP) is 4.19. The minimum atomic E-state index is -1.24. The molecule has 0 bridgehead atoms. The van der Waals surface area contributed by atoms with Crippen molar-refractivity contribution in [2.45, 2.75) is 45.3 Å². The van der Waals surface area contributed by atoms with Crippen LogP contribution in [-0.2, 0) is 10.0 Å². The molecule has 0 aliphatic rings.